The van der Waals surface area contributed by atoms with Crippen molar-refractivity contribution in [2.24, 2.45) is 12.0 Å². The third-order valence-corrected chi connectivity index (χ3v) is 4.54. The first-order chi connectivity index (χ1) is 13.5. The second-order valence-corrected chi connectivity index (χ2v) is 7.02. The highest BCUT2D eigenvalue weighted by Gasteiger charge is 2.10. The number of nitrogens with zero attached hydrogens (tertiary/aromatic N) is 3. The fourth-order valence-electron chi connectivity index (χ4n) is 2.89. The summed E-state index contributed by atoms with van der Waals surface area (Å²) in [4.78, 5) is 6.46. The van der Waals surface area contributed by atoms with E-state index in [0.29, 0.717) is 26.4 Å². The number of benzene rings is 1. The largest absolute Gasteiger partial charge is 0.379 e. The minimum Gasteiger partial charge on any atom is -0.379 e. The molecule has 1 heterocycles. The molecule has 0 unspecified atom stereocenters. The van der Waals surface area contributed by atoms with Gasteiger partial charge in [0.1, 0.15) is 0 Å². The van der Waals surface area contributed by atoms with Gasteiger partial charge >= 0.3 is 0 Å². The zero-order chi connectivity index (χ0) is 20.4. The lowest BCUT2D eigenvalue weighted by atomic mass is 10.1. The van der Waals surface area contributed by atoms with Crippen molar-refractivity contribution < 1.29 is 9.47 Å². The molecule has 0 aliphatic carbocycles. The Morgan fingerprint density at radius 3 is 2.64 bits per heavy atom. The number of rotatable bonds is 10. The molecule has 0 spiro atoms. The third-order valence-electron chi connectivity index (χ3n) is 4.33. The van der Waals surface area contributed by atoms with Crippen LogP contribution in [0.4, 0.5) is 0 Å². The molecule has 0 amide bonds. The summed E-state index contributed by atoms with van der Waals surface area (Å²) in [6.45, 7) is 5.94. The number of guanidine groups is 1. The topological polar surface area (TPSA) is 51.0 Å². The van der Waals surface area contributed by atoms with Crippen molar-refractivity contribution in [1.29, 1.82) is 0 Å². The third kappa shape index (κ3) is 7.19. The van der Waals surface area contributed by atoms with Crippen molar-refractivity contribution in [2.45, 2.75) is 26.6 Å². The highest BCUT2D eigenvalue weighted by molar-refractivity contribution is 6.30. The Morgan fingerprint density at radius 2 is 1.96 bits per heavy atom. The number of aliphatic imine (C=N–C) groups is 1. The van der Waals surface area contributed by atoms with Crippen LogP contribution in [0.5, 0.6) is 0 Å². The molecule has 0 saturated carbocycles. The van der Waals surface area contributed by atoms with Crippen LogP contribution in [0.1, 0.15) is 23.7 Å². The van der Waals surface area contributed by atoms with E-state index >= 15 is 0 Å². The second kappa shape index (κ2) is 11.7. The van der Waals surface area contributed by atoms with Gasteiger partial charge in [0, 0.05) is 46.2 Å². The van der Waals surface area contributed by atoms with Crippen LogP contribution >= 0.6 is 11.6 Å². The van der Waals surface area contributed by atoms with E-state index in [-0.39, 0.29) is 0 Å². The average Bonchev–Trinajstić information content (AvgIpc) is 2.99. The number of hydrogen-bond donors (Lipinski definition) is 1. The van der Waals surface area contributed by atoms with Crippen LogP contribution in [0.25, 0.3) is 0 Å². The van der Waals surface area contributed by atoms with Crippen LogP contribution in [-0.2, 0) is 36.2 Å². The van der Waals surface area contributed by atoms with Crippen LogP contribution in [0, 0.1) is 0 Å². The van der Waals surface area contributed by atoms with E-state index in [1.165, 1.54) is 5.56 Å². The summed E-state index contributed by atoms with van der Waals surface area (Å²) >= 11 is 6.08. The molecule has 0 atom stereocenters. The number of aromatic nitrogens is 1. The van der Waals surface area contributed by atoms with Crippen molar-refractivity contribution in [3.05, 3.63) is 58.4 Å². The molecule has 1 N–H and O–H groups in total. The van der Waals surface area contributed by atoms with Crippen LogP contribution in [0.3, 0.4) is 0 Å². The summed E-state index contributed by atoms with van der Waals surface area (Å²) < 4.78 is 13.0. The average molecular weight is 407 g/mol. The Hall–Kier alpha value is -2.02. The lowest BCUT2D eigenvalue weighted by Crippen LogP contribution is -2.38. The molecule has 0 aliphatic rings. The van der Waals surface area contributed by atoms with Crippen molar-refractivity contribution >= 4 is 17.6 Å². The summed E-state index contributed by atoms with van der Waals surface area (Å²) in [6.07, 6.45) is 1.91. The van der Waals surface area contributed by atoms with Crippen molar-refractivity contribution in [1.82, 2.24) is 14.8 Å². The number of halogens is 1. The minimum absolute atomic E-state index is 0.587. The molecule has 0 aliphatic heterocycles. The Morgan fingerprint density at radius 1 is 1.21 bits per heavy atom. The lowest BCUT2D eigenvalue weighted by Gasteiger charge is -2.22. The number of aryl methyl sites for hydroxylation is 1. The SMILES string of the molecule is CCOCCOCc1cccc(CNC(=NC)N(C)Cc2cc(Cl)cn2C)c1. The van der Waals surface area contributed by atoms with Crippen molar-refractivity contribution in [2.75, 3.05) is 33.9 Å². The summed E-state index contributed by atoms with van der Waals surface area (Å²) in [6, 6.07) is 10.3. The standard InChI is InChI=1S/C21H31ClN4O2/c1-5-27-9-10-28-16-18-8-6-7-17(11-18)13-24-21(23-2)26(4)15-20-12-19(22)14-25(20)3/h6-8,11-12,14H,5,9-10,13,15-16H2,1-4H3,(H,23,24). The molecule has 2 rings (SSSR count). The molecule has 0 fully saturated rings. The fraction of sp³-hybridized carbons (Fsp3) is 0.476. The molecule has 1 aromatic carbocycles. The molecule has 1 aromatic heterocycles. The maximum Gasteiger partial charge on any atom is 0.194 e. The molecule has 28 heavy (non-hydrogen) atoms. The monoisotopic (exact) mass is 406 g/mol. The predicted molar refractivity (Wildman–Crippen MR) is 115 cm³/mol. The molecule has 154 valence electrons. The van der Waals surface area contributed by atoms with E-state index in [2.05, 4.69) is 39.5 Å². The zero-order valence-electron chi connectivity index (χ0n) is 17.2. The van der Waals surface area contributed by atoms with Gasteiger partial charge in [-0.25, -0.2) is 0 Å². The lowest BCUT2D eigenvalue weighted by molar-refractivity contribution is 0.0453. The quantitative estimate of drug-likeness (QED) is 0.373. The van der Waals surface area contributed by atoms with Gasteiger partial charge in [0.2, 0.25) is 0 Å². The van der Waals surface area contributed by atoms with Gasteiger partial charge in [0.25, 0.3) is 0 Å². The fourth-order valence-corrected chi connectivity index (χ4v) is 3.16. The first-order valence-corrected chi connectivity index (χ1v) is 9.87. The highest BCUT2D eigenvalue weighted by Crippen LogP contribution is 2.14. The number of hydrogen-bond acceptors (Lipinski definition) is 3. The van der Waals surface area contributed by atoms with E-state index in [1.54, 1.807) is 7.05 Å². The predicted octanol–water partition coefficient (Wildman–Crippen LogP) is 3.44. The summed E-state index contributed by atoms with van der Waals surface area (Å²) in [5.41, 5.74) is 3.46. The van der Waals surface area contributed by atoms with Crippen LogP contribution in [-0.4, -0.2) is 49.3 Å². The highest BCUT2D eigenvalue weighted by atomic mass is 35.5. The van der Waals surface area contributed by atoms with Gasteiger partial charge in [-0.2, -0.15) is 0 Å². The Bertz CT molecular complexity index is 761. The van der Waals surface area contributed by atoms with E-state index in [1.807, 2.05) is 37.8 Å². The normalized spacial score (nSPS) is 11.7. The maximum atomic E-state index is 6.08. The second-order valence-electron chi connectivity index (χ2n) is 6.59. The molecular formula is C21H31ClN4O2. The van der Waals surface area contributed by atoms with E-state index in [0.717, 1.165) is 35.4 Å². The van der Waals surface area contributed by atoms with E-state index in [9.17, 15) is 0 Å². The van der Waals surface area contributed by atoms with Crippen molar-refractivity contribution in [3.8, 4) is 0 Å². The summed E-state index contributed by atoms with van der Waals surface area (Å²) in [7, 11) is 5.80. The molecule has 0 saturated heterocycles. The van der Waals surface area contributed by atoms with Gasteiger partial charge in [0.15, 0.2) is 5.96 Å². The number of ether oxygens (including phenoxy) is 2. The molecular weight excluding hydrogens is 376 g/mol. The first kappa shape index (κ1) is 22.3. The van der Waals surface area contributed by atoms with Gasteiger partial charge in [-0.3, -0.25) is 4.99 Å². The molecule has 0 bridgehead atoms. The van der Waals surface area contributed by atoms with Gasteiger partial charge < -0.3 is 24.3 Å². The van der Waals surface area contributed by atoms with Crippen molar-refractivity contribution in [3.63, 3.8) is 0 Å². The van der Waals surface area contributed by atoms with E-state index in [4.69, 9.17) is 21.1 Å². The van der Waals surface area contributed by atoms with Crippen LogP contribution in [0.2, 0.25) is 5.02 Å². The molecule has 2 aromatic rings. The molecule has 7 heteroatoms. The Labute approximate surface area is 173 Å². The molecule has 6 nitrogen and oxygen atoms in total. The summed E-state index contributed by atoms with van der Waals surface area (Å²) in [5, 5.41) is 4.16. The van der Waals surface area contributed by atoms with Crippen LogP contribution < -0.4 is 5.32 Å². The minimum atomic E-state index is 0.587. The van der Waals surface area contributed by atoms with Gasteiger partial charge in [-0.05, 0) is 24.1 Å². The maximum absolute atomic E-state index is 6.08. The van der Waals surface area contributed by atoms with E-state index < -0.39 is 0 Å². The molecule has 0 radical (unpaired) electrons. The Balaban J connectivity index is 1.85. The van der Waals surface area contributed by atoms with Gasteiger partial charge in [-0.15, -0.1) is 0 Å². The van der Waals surface area contributed by atoms with Crippen LogP contribution in [0.15, 0.2) is 41.5 Å². The van der Waals surface area contributed by atoms with Gasteiger partial charge in [-0.1, -0.05) is 35.9 Å². The van der Waals surface area contributed by atoms with Gasteiger partial charge in [0.05, 0.1) is 31.4 Å². The smallest absolute Gasteiger partial charge is 0.194 e. The zero-order valence-corrected chi connectivity index (χ0v) is 18.0. The Kier molecular flexibility index (Phi) is 9.34. The first-order valence-electron chi connectivity index (χ1n) is 9.49. The number of nitrogens with one attached hydrogen (secondary N) is 1. The summed E-state index contributed by atoms with van der Waals surface area (Å²) in [5.74, 6) is 0.829.